The standard InChI is InChI=1S/C7H3F3INO5S/c8-7(9,10)18(15,16)17-6-2-1-4(12(13)14)3-5(6)11/h1-3H. The molecule has 0 aliphatic carbocycles. The van der Waals surface area contributed by atoms with E-state index >= 15 is 0 Å². The molecule has 0 saturated heterocycles. The molecule has 100 valence electrons. The first-order valence-corrected chi connectivity index (χ1v) is 6.48. The van der Waals surface area contributed by atoms with Crippen LogP contribution >= 0.6 is 22.6 Å². The van der Waals surface area contributed by atoms with Crippen molar-refractivity contribution in [2.24, 2.45) is 0 Å². The van der Waals surface area contributed by atoms with Gasteiger partial charge in [-0.25, -0.2) is 0 Å². The molecule has 0 radical (unpaired) electrons. The lowest BCUT2D eigenvalue weighted by Gasteiger charge is -2.10. The average Bonchev–Trinajstić information content (AvgIpc) is 2.18. The minimum absolute atomic E-state index is 0.130. The lowest BCUT2D eigenvalue weighted by Crippen LogP contribution is -2.28. The Labute approximate surface area is 112 Å². The van der Waals surface area contributed by atoms with Gasteiger partial charge in [0.25, 0.3) is 5.69 Å². The molecule has 18 heavy (non-hydrogen) atoms. The Morgan fingerprint density at radius 3 is 2.28 bits per heavy atom. The minimum atomic E-state index is -5.78. The lowest BCUT2D eigenvalue weighted by atomic mass is 10.3. The summed E-state index contributed by atoms with van der Waals surface area (Å²) in [7, 11) is -5.78. The largest absolute Gasteiger partial charge is 0.534 e. The predicted molar refractivity (Wildman–Crippen MR) is 61.4 cm³/mol. The summed E-state index contributed by atoms with van der Waals surface area (Å²) in [5, 5.41) is 10.4. The summed E-state index contributed by atoms with van der Waals surface area (Å²) >= 11 is 1.43. The number of nitro groups is 1. The number of hydrogen-bond donors (Lipinski definition) is 0. The second kappa shape index (κ2) is 4.87. The molecule has 0 aromatic heterocycles. The zero-order chi connectivity index (χ0) is 14.1. The molecule has 0 unspecified atom stereocenters. The molecular formula is C7H3F3INO5S. The molecule has 0 aliphatic rings. The second-order valence-electron chi connectivity index (χ2n) is 2.86. The SMILES string of the molecule is O=[N+]([O-])c1ccc(OS(=O)(=O)C(F)(F)F)c(I)c1. The monoisotopic (exact) mass is 397 g/mol. The molecule has 0 N–H and O–H groups in total. The van der Waals surface area contributed by atoms with Crippen LogP contribution in [0.5, 0.6) is 5.75 Å². The number of nitrogens with zero attached hydrogens (tertiary/aromatic N) is 1. The van der Waals surface area contributed by atoms with Crippen LogP contribution in [0.15, 0.2) is 18.2 Å². The van der Waals surface area contributed by atoms with Crippen LogP contribution in [0.3, 0.4) is 0 Å². The van der Waals surface area contributed by atoms with Crippen molar-refractivity contribution < 1.29 is 30.7 Å². The van der Waals surface area contributed by atoms with E-state index in [1.165, 1.54) is 22.6 Å². The molecule has 0 spiro atoms. The highest BCUT2D eigenvalue weighted by Crippen LogP contribution is 2.31. The van der Waals surface area contributed by atoms with E-state index in [0.29, 0.717) is 0 Å². The van der Waals surface area contributed by atoms with E-state index in [4.69, 9.17) is 0 Å². The number of rotatable bonds is 3. The van der Waals surface area contributed by atoms with Crippen LogP contribution in [-0.2, 0) is 10.1 Å². The molecule has 11 heteroatoms. The van der Waals surface area contributed by atoms with Crippen LogP contribution in [0.4, 0.5) is 18.9 Å². The highest BCUT2D eigenvalue weighted by atomic mass is 127. The number of hydrogen-bond acceptors (Lipinski definition) is 5. The third-order valence-electron chi connectivity index (χ3n) is 1.61. The van der Waals surface area contributed by atoms with Crippen molar-refractivity contribution in [1.29, 1.82) is 0 Å². The maximum absolute atomic E-state index is 12.0. The Kier molecular flexibility index (Phi) is 4.05. The van der Waals surface area contributed by atoms with E-state index in [9.17, 15) is 31.7 Å². The molecule has 0 amide bonds. The van der Waals surface area contributed by atoms with Crippen molar-refractivity contribution in [3.63, 3.8) is 0 Å². The fourth-order valence-electron chi connectivity index (χ4n) is 0.836. The van der Waals surface area contributed by atoms with E-state index in [1.54, 1.807) is 0 Å². The van der Waals surface area contributed by atoms with Crippen molar-refractivity contribution in [2.45, 2.75) is 5.51 Å². The first-order chi connectivity index (χ1) is 8.04. The van der Waals surface area contributed by atoms with Gasteiger partial charge in [0.05, 0.1) is 8.49 Å². The van der Waals surface area contributed by atoms with Gasteiger partial charge in [-0.2, -0.15) is 21.6 Å². The molecule has 0 fully saturated rings. The van der Waals surface area contributed by atoms with Crippen LogP contribution in [0.1, 0.15) is 0 Å². The van der Waals surface area contributed by atoms with Gasteiger partial charge in [0, 0.05) is 12.1 Å². The number of benzene rings is 1. The average molecular weight is 397 g/mol. The smallest absolute Gasteiger partial charge is 0.375 e. The van der Waals surface area contributed by atoms with Gasteiger partial charge in [-0.05, 0) is 28.7 Å². The highest BCUT2D eigenvalue weighted by molar-refractivity contribution is 14.1. The van der Waals surface area contributed by atoms with Crippen molar-refractivity contribution in [3.05, 3.63) is 31.9 Å². The minimum Gasteiger partial charge on any atom is -0.375 e. The van der Waals surface area contributed by atoms with Crippen LogP contribution in [-0.4, -0.2) is 18.8 Å². The molecule has 6 nitrogen and oxygen atoms in total. The first-order valence-electron chi connectivity index (χ1n) is 3.99. The first kappa shape index (κ1) is 14.9. The number of nitro benzene ring substituents is 1. The van der Waals surface area contributed by atoms with Crippen LogP contribution in [0.25, 0.3) is 0 Å². The van der Waals surface area contributed by atoms with Gasteiger partial charge in [0.15, 0.2) is 5.75 Å². The zero-order valence-corrected chi connectivity index (χ0v) is 11.1. The Morgan fingerprint density at radius 1 is 1.33 bits per heavy atom. The van der Waals surface area contributed by atoms with Crippen LogP contribution < -0.4 is 4.18 Å². The summed E-state index contributed by atoms with van der Waals surface area (Å²) < 4.78 is 61.2. The second-order valence-corrected chi connectivity index (χ2v) is 5.56. The molecule has 0 aliphatic heterocycles. The molecule has 1 aromatic rings. The Balaban J connectivity index is 3.11. The maximum Gasteiger partial charge on any atom is 0.534 e. The Bertz CT molecular complexity index is 585. The van der Waals surface area contributed by atoms with E-state index in [1.807, 2.05) is 0 Å². The summed E-state index contributed by atoms with van der Waals surface area (Å²) in [5.41, 5.74) is -5.95. The third-order valence-corrected chi connectivity index (χ3v) is 3.42. The predicted octanol–water partition coefficient (Wildman–Crippen LogP) is 2.43. The molecule has 0 bridgehead atoms. The summed E-state index contributed by atoms with van der Waals surface area (Å²) in [6.45, 7) is 0. The van der Waals surface area contributed by atoms with E-state index < -0.39 is 32.0 Å². The summed E-state index contributed by atoms with van der Waals surface area (Å²) in [6, 6.07) is 2.51. The number of non-ortho nitro benzene ring substituents is 1. The molecular weight excluding hydrogens is 394 g/mol. The van der Waals surface area contributed by atoms with Crippen molar-refractivity contribution in [2.75, 3.05) is 0 Å². The summed E-state index contributed by atoms with van der Waals surface area (Å²) in [5.74, 6) is -0.626. The van der Waals surface area contributed by atoms with Gasteiger partial charge in [-0.1, -0.05) is 0 Å². The Hall–Kier alpha value is -1.11. The summed E-state index contributed by atoms with van der Waals surface area (Å²) in [4.78, 5) is 9.60. The van der Waals surface area contributed by atoms with Crippen molar-refractivity contribution in [1.82, 2.24) is 0 Å². The van der Waals surface area contributed by atoms with E-state index in [-0.39, 0.29) is 3.57 Å². The van der Waals surface area contributed by atoms with Crippen molar-refractivity contribution >= 4 is 38.4 Å². The van der Waals surface area contributed by atoms with Crippen LogP contribution in [0, 0.1) is 13.7 Å². The Morgan fingerprint density at radius 2 is 1.89 bits per heavy atom. The third kappa shape index (κ3) is 3.22. The van der Waals surface area contributed by atoms with E-state index in [2.05, 4.69) is 4.18 Å². The number of alkyl halides is 3. The van der Waals surface area contributed by atoms with Gasteiger partial charge in [0.2, 0.25) is 0 Å². The zero-order valence-electron chi connectivity index (χ0n) is 8.14. The van der Waals surface area contributed by atoms with Crippen molar-refractivity contribution in [3.8, 4) is 5.75 Å². The number of halogens is 4. The lowest BCUT2D eigenvalue weighted by molar-refractivity contribution is -0.385. The van der Waals surface area contributed by atoms with Gasteiger partial charge < -0.3 is 4.18 Å². The highest BCUT2D eigenvalue weighted by Gasteiger charge is 2.48. The molecule has 1 aromatic carbocycles. The van der Waals surface area contributed by atoms with Gasteiger partial charge in [0.1, 0.15) is 0 Å². The normalized spacial score (nSPS) is 12.2. The fourth-order valence-corrected chi connectivity index (χ4v) is 2.07. The fraction of sp³-hybridized carbons (Fsp3) is 0.143. The van der Waals surface area contributed by atoms with Gasteiger partial charge in [-0.15, -0.1) is 0 Å². The molecule has 0 heterocycles. The van der Waals surface area contributed by atoms with Gasteiger partial charge >= 0.3 is 15.6 Å². The molecule has 0 saturated carbocycles. The quantitative estimate of drug-likeness (QED) is 0.257. The molecule has 1 rings (SSSR count). The van der Waals surface area contributed by atoms with Crippen LogP contribution in [0.2, 0.25) is 0 Å². The van der Waals surface area contributed by atoms with Gasteiger partial charge in [-0.3, -0.25) is 10.1 Å². The topological polar surface area (TPSA) is 86.5 Å². The summed E-state index contributed by atoms with van der Waals surface area (Å²) in [6.07, 6.45) is 0. The van der Waals surface area contributed by atoms with E-state index in [0.717, 1.165) is 18.2 Å². The molecule has 0 atom stereocenters. The maximum atomic E-state index is 12.0.